The average molecular weight is 561 g/mol. The highest BCUT2D eigenvalue weighted by Crippen LogP contribution is 2.33. The molecule has 0 atom stereocenters. The van der Waals surface area contributed by atoms with Gasteiger partial charge < -0.3 is 24.8 Å². The molecule has 220 valence electrons. The molecule has 41 heavy (non-hydrogen) atoms. The maximum Gasteiger partial charge on any atom is 0.410 e. The zero-order chi connectivity index (χ0) is 29.1. The van der Waals surface area contributed by atoms with Crippen molar-refractivity contribution < 1.29 is 14.3 Å². The van der Waals surface area contributed by atoms with E-state index in [2.05, 4.69) is 34.7 Å². The Morgan fingerprint density at radius 1 is 1.10 bits per heavy atom. The summed E-state index contributed by atoms with van der Waals surface area (Å²) in [5.74, 6) is 1.86. The number of fused-ring (bicyclic) bond motifs is 3. The Labute approximate surface area is 242 Å². The van der Waals surface area contributed by atoms with Gasteiger partial charge >= 0.3 is 6.09 Å². The predicted octanol–water partition coefficient (Wildman–Crippen LogP) is 5.70. The van der Waals surface area contributed by atoms with Crippen molar-refractivity contribution in [2.45, 2.75) is 90.8 Å². The molecule has 0 radical (unpaired) electrons. The number of carbonyl (C=O) groups is 2. The van der Waals surface area contributed by atoms with Crippen LogP contribution in [0.3, 0.4) is 0 Å². The van der Waals surface area contributed by atoms with Gasteiger partial charge in [-0.05, 0) is 58.9 Å². The smallest absolute Gasteiger partial charge is 0.410 e. The molecular weight excluding hydrogens is 516 g/mol. The number of allylic oxidation sites excluding steroid dienone is 1. The Balaban J connectivity index is 1.32. The van der Waals surface area contributed by atoms with Crippen molar-refractivity contribution in [2.24, 2.45) is 5.92 Å². The summed E-state index contributed by atoms with van der Waals surface area (Å²) in [4.78, 5) is 39.2. The number of benzene rings is 1. The molecule has 1 aliphatic carbocycles. The Kier molecular flexibility index (Phi) is 8.52. The van der Waals surface area contributed by atoms with E-state index in [-0.39, 0.29) is 24.0 Å². The summed E-state index contributed by atoms with van der Waals surface area (Å²) in [6, 6.07) is 8.18. The zero-order valence-electron chi connectivity index (χ0n) is 24.9. The van der Waals surface area contributed by atoms with Crippen LogP contribution in [0.2, 0.25) is 0 Å². The first-order valence-corrected chi connectivity index (χ1v) is 15.1. The summed E-state index contributed by atoms with van der Waals surface area (Å²) in [5.41, 5.74) is 8.48. The van der Waals surface area contributed by atoms with E-state index in [9.17, 15) is 9.59 Å². The predicted molar refractivity (Wildman–Crippen MR) is 162 cm³/mol. The Morgan fingerprint density at radius 2 is 1.83 bits per heavy atom. The number of imidazole rings is 1. The topological polar surface area (TPSA) is 107 Å². The van der Waals surface area contributed by atoms with E-state index >= 15 is 0 Å². The van der Waals surface area contributed by atoms with Gasteiger partial charge in [-0.3, -0.25) is 4.79 Å². The molecule has 1 aromatic carbocycles. The van der Waals surface area contributed by atoms with Gasteiger partial charge in [0.2, 0.25) is 5.91 Å². The molecule has 2 N–H and O–H groups in total. The number of rotatable bonds is 9. The lowest BCUT2D eigenvalue weighted by Gasteiger charge is -2.38. The number of nitrogens with two attached hydrogens (primary N) is 1. The number of likely N-dealkylation sites (tertiary alicyclic amines) is 1. The molecule has 0 bridgehead atoms. The second kappa shape index (κ2) is 12.1. The second-order valence-corrected chi connectivity index (χ2v) is 12.4. The number of anilines is 1. The summed E-state index contributed by atoms with van der Waals surface area (Å²) in [5, 5.41) is 1.04. The van der Waals surface area contributed by atoms with Crippen molar-refractivity contribution >= 4 is 39.8 Å². The van der Waals surface area contributed by atoms with Crippen molar-refractivity contribution in [1.82, 2.24) is 24.3 Å². The van der Waals surface area contributed by atoms with Gasteiger partial charge in [0.25, 0.3) is 0 Å². The molecule has 5 rings (SSSR count). The molecule has 1 aliphatic heterocycles. The van der Waals surface area contributed by atoms with Gasteiger partial charge in [0.05, 0.1) is 11.0 Å². The number of hydrogen-bond acceptors (Lipinski definition) is 6. The number of pyridine rings is 1. The Bertz CT molecular complexity index is 1430. The van der Waals surface area contributed by atoms with Crippen LogP contribution in [-0.4, -0.2) is 67.6 Å². The summed E-state index contributed by atoms with van der Waals surface area (Å²) in [6.45, 7) is 10.2. The van der Waals surface area contributed by atoms with E-state index in [0.717, 1.165) is 72.7 Å². The lowest BCUT2D eigenvalue weighted by atomic mass is 10.0. The van der Waals surface area contributed by atoms with Crippen molar-refractivity contribution in [1.29, 1.82) is 0 Å². The van der Waals surface area contributed by atoms with Crippen molar-refractivity contribution in [3.05, 3.63) is 42.2 Å². The van der Waals surface area contributed by atoms with E-state index in [0.29, 0.717) is 32.0 Å². The maximum absolute atomic E-state index is 13.3. The van der Waals surface area contributed by atoms with Crippen LogP contribution in [0.4, 0.5) is 10.6 Å². The standard InChI is InChI=1S/C32H44N6O3/c1-5-6-13-26-35-27-28(24-11-7-8-12-25(24)34-29(27)33)38(26)19-10-9-18-37(30(39)22-14-15-22)23-16-20-36(21-17-23)31(40)41-32(2,3)4/h7-12,22-23H,5-6,13-21H2,1-4H3,(H2,33,34)/b10-9+. The molecule has 9 nitrogen and oxygen atoms in total. The first kappa shape index (κ1) is 28.9. The van der Waals surface area contributed by atoms with Gasteiger partial charge in [0.15, 0.2) is 5.82 Å². The Morgan fingerprint density at radius 3 is 2.51 bits per heavy atom. The number of amides is 2. The summed E-state index contributed by atoms with van der Waals surface area (Å²) in [7, 11) is 0. The van der Waals surface area contributed by atoms with Crippen molar-refractivity contribution in [2.75, 3.05) is 25.4 Å². The van der Waals surface area contributed by atoms with Crippen LogP contribution in [0.5, 0.6) is 0 Å². The first-order valence-electron chi connectivity index (χ1n) is 15.1. The van der Waals surface area contributed by atoms with Crippen LogP contribution in [0, 0.1) is 5.92 Å². The quantitative estimate of drug-likeness (QED) is 0.336. The van der Waals surface area contributed by atoms with Crippen LogP contribution in [-0.2, 0) is 22.5 Å². The van der Waals surface area contributed by atoms with Gasteiger partial charge in [-0.2, -0.15) is 0 Å². The van der Waals surface area contributed by atoms with Crippen molar-refractivity contribution in [3.8, 4) is 0 Å². The van der Waals surface area contributed by atoms with Gasteiger partial charge in [0.1, 0.15) is 16.9 Å². The highest BCUT2D eigenvalue weighted by molar-refractivity contribution is 6.06. The third kappa shape index (κ3) is 6.66. The highest BCUT2D eigenvalue weighted by atomic mass is 16.6. The summed E-state index contributed by atoms with van der Waals surface area (Å²) < 4.78 is 7.82. The average Bonchev–Trinajstić information content (AvgIpc) is 3.72. The lowest BCUT2D eigenvalue weighted by molar-refractivity contribution is -0.135. The molecule has 2 aromatic heterocycles. The number of para-hydroxylation sites is 1. The number of nitrogen functional groups attached to an aromatic ring is 1. The zero-order valence-corrected chi connectivity index (χ0v) is 24.9. The van der Waals surface area contributed by atoms with E-state index in [1.165, 1.54) is 0 Å². The second-order valence-electron chi connectivity index (χ2n) is 12.4. The third-order valence-corrected chi connectivity index (χ3v) is 7.97. The van der Waals surface area contributed by atoms with Gasteiger partial charge in [-0.1, -0.05) is 43.7 Å². The molecule has 0 unspecified atom stereocenters. The van der Waals surface area contributed by atoms with E-state index in [1.54, 1.807) is 4.90 Å². The molecule has 1 saturated heterocycles. The van der Waals surface area contributed by atoms with E-state index < -0.39 is 5.60 Å². The molecular formula is C32H44N6O3. The third-order valence-electron chi connectivity index (χ3n) is 7.97. The van der Waals surface area contributed by atoms with Crippen LogP contribution >= 0.6 is 0 Å². The van der Waals surface area contributed by atoms with Crippen LogP contribution in [0.15, 0.2) is 36.4 Å². The minimum absolute atomic E-state index is 0.121. The molecule has 2 aliphatic rings. The SMILES string of the molecule is CCCCc1nc2c(N)nc3ccccc3c2n1C/C=C/CN(C(=O)C1CC1)C1CCN(C(=O)OC(C)(C)C)CC1. The van der Waals surface area contributed by atoms with Crippen LogP contribution in [0.1, 0.15) is 72.0 Å². The number of nitrogens with zero attached hydrogens (tertiary/aromatic N) is 5. The number of carbonyl (C=O) groups excluding carboxylic acids is 2. The van der Waals surface area contributed by atoms with Crippen molar-refractivity contribution in [3.63, 3.8) is 0 Å². The molecule has 3 heterocycles. The fourth-order valence-corrected chi connectivity index (χ4v) is 5.67. The maximum atomic E-state index is 13.3. The number of unbranched alkanes of at least 4 members (excludes halogenated alkanes) is 1. The minimum atomic E-state index is -0.516. The highest BCUT2D eigenvalue weighted by Gasteiger charge is 2.37. The first-order chi connectivity index (χ1) is 19.7. The monoisotopic (exact) mass is 560 g/mol. The molecule has 9 heteroatoms. The lowest BCUT2D eigenvalue weighted by Crippen LogP contribution is -2.50. The summed E-state index contributed by atoms with van der Waals surface area (Å²) in [6.07, 6.45) is 10.4. The molecule has 1 saturated carbocycles. The number of aromatic nitrogens is 3. The number of piperidine rings is 1. The van der Waals surface area contributed by atoms with Gasteiger partial charge in [-0.15, -0.1) is 0 Å². The van der Waals surface area contributed by atoms with Crippen LogP contribution in [0.25, 0.3) is 21.9 Å². The van der Waals surface area contributed by atoms with Gasteiger partial charge in [0, 0.05) is 49.9 Å². The summed E-state index contributed by atoms with van der Waals surface area (Å²) >= 11 is 0. The normalized spacial score (nSPS) is 16.6. The number of hydrogen-bond donors (Lipinski definition) is 1. The molecule has 3 aromatic rings. The van der Waals surface area contributed by atoms with Crippen LogP contribution < -0.4 is 5.73 Å². The largest absolute Gasteiger partial charge is 0.444 e. The van der Waals surface area contributed by atoms with E-state index in [4.69, 9.17) is 15.5 Å². The fraction of sp³-hybridized carbons (Fsp3) is 0.562. The molecule has 2 amide bonds. The fourth-order valence-electron chi connectivity index (χ4n) is 5.67. The number of aryl methyl sites for hydroxylation is 1. The van der Waals surface area contributed by atoms with Gasteiger partial charge in [-0.25, -0.2) is 14.8 Å². The molecule has 0 spiro atoms. The number of ether oxygens (including phenoxy) is 1. The minimum Gasteiger partial charge on any atom is -0.444 e. The van der Waals surface area contributed by atoms with E-state index in [1.807, 2.05) is 43.9 Å². The Hall–Kier alpha value is -3.62. The molecule has 2 fully saturated rings.